The Kier molecular flexibility index (Phi) is 3.11. The second kappa shape index (κ2) is 4.33. The normalized spacial score (nSPS) is 29.2. The third kappa shape index (κ3) is 2.17. The van der Waals surface area contributed by atoms with Crippen LogP contribution in [0.4, 0.5) is 0 Å². The van der Waals surface area contributed by atoms with E-state index in [2.05, 4.69) is 0 Å². The number of carbonyl (C=O) groups is 1. The number of hydrogen-bond donors (Lipinski definition) is 0. The van der Waals surface area contributed by atoms with E-state index in [1.54, 1.807) is 0 Å². The van der Waals surface area contributed by atoms with E-state index in [4.69, 9.17) is 4.74 Å². The molecule has 0 aromatic rings. The second-order valence-corrected chi connectivity index (χ2v) is 4.65. The van der Waals surface area contributed by atoms with E-state index in [0.29, 0.717) is 25.0 Å². The number of ether oxygens (including phenoxy) is 1. The van der Waals surface area contributed by atoms with Crippen molar-refractivity contribution in [3.05, 3.63) is 0 Å². The van der Waals surface area contributed by atoms with Gasteiger partial charge in [0, 0.05) is 24.8 Å². The Hall–Kier alpha value is -0.220. The van der Waals surface area contributed by atoms with Gasteiger partial charge in [-0.05, 0) is 12.2 Å². The lowest BCUT2D eigenvalue weighted by molar-refractivity contribution is -0.138. The summed E-state index contributed by atoms with van der Waals surface area (Å²) < 4.78 is 5.21. The smallest absolute Gasteiger partial charge is 0.226 e. The molecule has 2 rings (SSSR count). The summed E-state index contributed by atoms with van der Waals surface area (Å²) in [6.07, 6.45) is 1.07. The summed E-state index contributed by atoms with van der Waals surface area (Å²) in [6.45, 7) is 3.01. The van der Waals surface area contributed by atoms with Crippen LogP contribution in [0.15, 0.2) is 0 Å². The molecule has 0 N–H and O–H groups in total. The summed E-state index contributed by atoms with van der Waals surface area (Å²) in [5.74, 6) is 2.83. The van der Waals surface area contributed by atoms with Crippen molar-refractivity contribution < 1.29 is 9.53 Å². The Morgan fingerprint density at radius 2 is 2.15 bits per heavy atom. The first-order valence-corrected chi connectivity index (χ1v) is 5.97. The predicted molar refractivity (Wildman–Crippen MR) is 52.8 cm³/mol. The Morgan fingerprint density at radius 1 is 1.38 bits per heavy atom. The Bertz CT molecular complexity index is 186. The highest BCUT2D eigenvalue weighted by molar-refractivity contribution is 7.99. The summed E-state index contributed by atoms with van der Waals surface area (Å²) in [5.41, 5.74) is 0. The first-order chi connectivity index (χ1) is 6.38. The highest BCUT2D eigenvalue weighted by Crippen LogP contribution is 2.25. The summed E-state index contributed by atoms with van der Waals surface area (Å²) in [6, 6.07) is 0. The van der Waals surface area contributed by atoms with Crippen LogP contribution in [0.1, 0.15) is 6.42 Å². The molecule has 1 amide bonds. The quantitative estimate of drug-likeness (QED) is 0.622. The number of carbonyl (C=O) groups excluding carboxylic acids is 1. The molecular formula is C9H15NO2S. The molecule has 0 aromatic heterocycles. The number of thioether (sulfide) groups is 1. The van der Waals surface area contributed by atoms with Gasteiger partial charge in [-0.15, -0.1) is 0 Å². The van der Waals surface area contributed by atoms with Crippen molar-refractivity contribution in [2.75, 3.05) is 37.8 Å². The fourth-order valence-corrected chi connectivity index (χ4v) is 2.98. The van der Waals surface area contributed by atoms with Crippen molar-refractivity contribution in [3.63, 3.8) is 0 Å². The summed E-state index contributed by atoms with van der Waals surface area (Å²) in [5, 5.41) is 0. The molecule has 13 heavy (non-hydrogen) atoms. The van der Waals surface area contributed by atoms with Gasteiger partial charge < -0.3 is 9.64 Å². The van der Waals surface area contributed by atoms with Crippen molar-refractivity contribution in [2.24, 2.45) is 5.92 Å². The molecule has 2 fully saturated rings. The van der Waals surface area contributed by atoms with E-state index in [0.717, 1.165) is 31.0 Å². The monoisotopic (exact) mass is 201 g/mol. The molecule has 0 aliphatic carbocycles. The van der Waals surface area contributed by atoms with E-state index in [1.165, 1.54) is 0 Å². The van der Waals surface area contributed by atoms with E-state index in [9.17, 15) is 4.79 Å². The first kappa shape index (κ1) is 9.34. The van der Waals surface area contributed by atoms with Gasteiger partial charge in [0.05, 0.1) is 13.2 Å². The van der Waals surface area contributed by atoms with Crippen molar-refractivity contribution in [3.8, 4) is 0 Å². The summed E-state index contributed by atoms with van der Waals surface area (Å²) >= 11 is 1.90. The fraction of sp³-hybridized carbons (Fsp3) is 0.889. The van der Waals surface area contributed by atoms with Crippen LogP contribution < -0.4 is 0 Å². The maximum atomic E-state index is 11.9. The average molecular weight is 201 g/mol. The van der Waals surface area contributed by atoms with Gasteiger partial charge in [-0.2, -0.15) is 11.8 Å². The molecule has 0 radical (unpaired) electrons. The van der Waals surface area contributed by atoms with Gasteiger partial charge in [-0.25, -0.2) is 0 Å². The summed E-state index contributed by atoms with van der Waals surface area (Å²) in [7, 11) is 0. The van der Waals surface area contributed by atoms with Crippen LogP contribution in [0, 0.1) is 5.92 Å². The molecule has 1 unspecified atom stereocenters. The molecule has 0 spiro atoms. The number of nitrogens with zero attached hydrogens (tertiary/aromatic N) is 1. The Balaban J connectivity index is 1.87. The lowest BCUT2D eigenvalue weighted by Gasteiger charge is -2.28. The third-order valence-electron chi connectivity index (χ3n) is 2.60. The number of amides is 1. The van der Waals surface area contributed by atoms with Gasteiger partial charge in [0.2, 0.25) is 5.91 Å². The van der Waals surface area contributed by atoms with Crippen LogP contribution in [0.25, 0.3) is 0 Å². The Morgan fingerprint density at radius 3 is 2.77 bits per heavy atom. The minimum atomic E-state index is 0.295. The molecule has 1 atom stereocenters. The molecule has 4 heteroatoms. The van der Waals surface area contributed by atoms with Crippen molar-refractivity contribution in [2.45, 2.75) is 6.42 Å². The van der Waals surface area contributed by atoms with Gasteiger partial charge in [0.25, 0.3) is 0 Å². The van der Waals surface area contributed by atoms with Crippen LogP contribution >= 0.6 is 11.8 Å². The first-order valence-electron chi connectivity index (χ1n) is 4.82. The molecule has 2 aliphatic heterocycles. The standard InChI is InChI=1S/C9H15NO2S/c11-9(8-1-6-13-7-8)10-2-4-12-5-3-10/h8H,1-7H2. The van der Waals surface area contributed by atoms with Crippen LogP contribution in [-0.4, -0.2) is 48.6 Å². The molecule has 2 saturated heterocycles. The number of hydrogen-bond acceptors (Lipinski definition) is 3. The lowest BCUT2D eigenvalue weighted by Crippen LogP contribution is -2.43. The minimum absolute atomic E-state index is 0.295. The molecule has 2 heterocycles. The van der Waals surface area contributed by atoms with Crippen molar-refractivity contribution in [1.29, 1.82) is 0 Å². The van der Waals surface area contributed by atoms with Gasteiger partial charge in [-0.1, -0.05) is 0 Å². The van der Waals surface area contributed by atoms with Crippen LogP contribution in [-0.2, 0) is 9.53 Å². The topological polar surface area (TPSA) is 29.5 Å². The van der Waals surface area contributed by atoms with Gasteiger partial charge in [-0.3, -0.25) is 4.79 Å². The van der Waals surface area contributed by atoms with Gasteiger partial charge in [0.1, 0.15) is 0 Å². The van der Waals surface area contributed by atoms with E-state index >= 15 is 0 Å². The Labute approximate surface area is 82.8 Å². The predicted octanol–water partition coefficient (Wildman–Crippen LogP) is 0.598. The van der Waals surface area contributed by atoms with E-state index < -0.39 is 0 Å². The second-order valence-electron chi connectivity index (χ2n) is 3.50. The lowest BCUT2D eigenvalue weighted by atomic mass is 10.1. The van der Waals surface area contributed by atoms with Crippen LogP contribution in [0.2, 0.25) is 0 Å². The largest absolute Gasteiger partial charge is 0.378 e. The van der Waals surface area contributed by atoms with E-state index in [-0.39, 0.29) is 0 Å². The molecule has 0 aromatic carbocycles. The molecule has 0 saturated carbocycles. The molecule has 2 aliphatic rings. The fourth-order valence-electron chi connectivity index (χ4n) is 1.77. The molecular weight excluding hydrogens is 186 g/mol. The molecule has 0 bridgehead atoms. The number of morpholine rings is 1. The highest BCUT2D eigenvalue weighted by Gasteiger charge is 2.28. The van der Waals surface area contributed by atoms with Gasteiger partial charge in [0.15, 0.2) is 0 Å². The zero-order chi connectivity index (χ0) is 9.10. The van der Waals surface area contributed by atoms with Crippen LogP contribution in [0.5, 0.6) is 0 Å². The van der Waals surface area contributed by atoms with Crippen molar-refractivity contribution >= 4 is 17.7 Å². The molecule has 3 nitrogen and oxygen atoms in total. The third-order valence-corrected chi connectivity index (χ3v) is 3.76. The van der Waals surface area contributed by atoms with Crippen LogP contribution in [0.3, 0.4) is 0 Å². The maximum absolute atomic E-state index is 11.9. The zero-order valence-electron chi connectivity index (χ0n) is 7.70. The van der Waals surface area contributed by atoms with Crippen molar-refractivity contribution in [1.82, 2.24) is 4.90 Å². The zero-order valence-corrected chi connectivity index (χ0v) is 8.52. The van der Waals surface area contributed by atoms with Gasteiger partial charge >= 0.3 is 0 Å². The molecule has 74 valence electrons. The average Bonchev–Trinajstić information content (AvgIpc) is 2.71. The maximum Gasteiger partial charge on any atom is 0.226 e. The van der Waals surface area contributed by atoms with E-state index in [1.807, 2.05) is 16.7 Å². The highest BCUT2D eigenvalue weighted by atomic mass is 32.2. The summed E-state index contributed by atoms with van der Waals surface area (Å²) in [4.78, 5) is 13.8. The SMILES string of the molecule is O=C(C1CCSC1)N1CCOCC1. The number of rotatable bonds is 1. The minimum Gasteiger partial charge on any atom is -0.378 e.